The number of aryl methyl sites for hydroxylation is 1. The Kier molecular flexibility index (Phi) is 5.08. The van der Waals surface area contributed by atoms with Gasteiger partial charge in [0.25, 0.3) is 0 Å². The van der Waals surface area contributed by atoms with Crippen LogP contribution in [0.3, 0.4) is 0 Å². The highest BCUT2D eigenvalue weighted by Gasteiger charge is 2.30. The highest BCUT2D eigenvalue weighted by Crippen LogP contribution is 2.30. The molecule has 2 rings (SSSR count). The van der Waals surface area contributed by atoms with Crippen molar-refractivity contribution >= 4 is 0 Å². The lowest BCUT2D eigenvalue weighted by Gasteiger charge is -2.18. The van der Waals surface area contributed by atoms with Gasteiger partial charge in [-0.1, -0.05) is 30.3 Å². The van der Waals surface area contributed by atoms with Crippen LogP contribution in [0.25, 0.3) is 0 Å². The minimum Gasteiger partial charge on any atom is -0.493 e. The van der Waals surface area contributed by atoms with Crippen molar-refractivity contribution in [1.29, 1.82) is 0 Å². The lowest BCUT2D eigenvalue weighted by atomic mass is 9.98. The number of hydrogen-bond donors (Lipinski definition) is 1. The van der Waals surface area contributed by atoms with Crippen molar-refractivity contribution in [3.8, 4) is 5.75 Å². The van der Waals surface area contributed by atoms with Gasteiger partial charge >= 0.3 is 6.18 Å². The van der Waals surface area contributed by atoms with Crippen LogP contribution in [0.15, 0.2) is 48.5 Å². The second kappa shape index (κ2) is 6.83. The van der Waals surface area contributed by atoms with E-state index in [4.69, 9.17) is 10.5 Å². The Bertz CT molecular complexity index is 608. The normalized spacial score (nSPS) is 13.0. The molecule has 5 heteroatoms. The van der Waals surface area contributed by atoms with Crippen LogP contribution < -0.4 is 10.5 Å². The van der Waals surface area contributed by atoms with Crippen molar-refractivity contribution in [2.45, 2.75) is 19.0 Å². The van der Waals surface area contributed by atoms with E-state index >= 15 is 0 Å². The number of alkyl halides is 3. The number of ether oxygens (including phenoxy) is 1. The Hall–Kier alpha value is -2.01. The van der Waals surface area contributed by atoms with E-state index in [0.29, 0.717) is 13.2 Å². The van der Waals surface area contributed by atoms with Gasteiger partial charge in [0.05, 0.1) is 12.2 Å². The average molecular weight is 309 g/mol. The Labute approximate surface area is 127 Å². The van der Waals surface area contributed by atoms with Crippen molar-refractivity contribution in [3.05, 3.63) is 65.2 Å². The number of para-hydroxylation sites is 1. The van der Waals surface area contributed by atoms with Crippen LogP contribution in [0.1, 0.15) is 22.6 Å². The van der Waals surface area contributed by atoms with Crippen LogP contribution in [0.5, 0.6) is 5.75 Å². The van der Waals surface area contributed by atoms with Crippen LogP contribution in [-0.4, -0.2) is 13.2 Å². The number of halogens is 3. The van der Waals surface area contributed by atoms with E-state index in [1.807, 2.05) is 31.2 Å². The predicted octanol–water partition coefficient (Wildman–Crippen LogP) is 4.14. The summed E-state index contributed by atoms with van der Waals surface area (Å²) in [7, 11) is 0. The highest BCUT2D eigenvalue weighted by atomic mass is 19.4. The molecule has 22 heavy (non-hydrogen) atoms. The van der Waals surface area contributed by atoms with Crippen molar-refractivity contribution in [2.24, 2.45) is 5.73 Å². The van der Waals surface area contributed by atoms with Gasteiger partial charge < -0.3 is 10.5 Å². The third kappa shape index (κ3) is 4.01. The largest absolute Gasteiger partial charge is 0.493 e. The molecule has 118 valence electrons. The molecule has 0 saturated heterocycles. The Balaban J connectivity index is 2.07. The minimum absolute atomic E-state index is 0.151. The summed E-state index contributed by atoms with van der Waals surface area (Å²) in [6.07, 6.45) is -4.33. The van der Waals surface area contributed by atoms with E-state index in [-0.39, 0.29) is 5.92 Å². The van der Waals surface area contributed by atoms with Crippen molar-refractivity contribution < 1.29 is 17.9 Å². The average Bonchev–Trinajstić information content (AvgIpc) is 2.49. The molecular weight excluding hydrogens is 291 g/mol. The summed E-state index contributed by atoms with van der Waals surface area (Å²) in [5, 5.41) is 0. The van der Waals surface area contributed by atoms with Gasteiger partial charge in [-0.25, -0.2) is 0 Å². The lowest BCUT2D eigenvalue weighted by Crippen LogP contribution is -2.20. The number of nitrogens with two attached hydrogens (primary N) is 1. The maximum Gasteiger partial charge on any atom is 0.416 e. The van der Waals surface area contributed by atoms with Crippen molar-refractivity contribution in [2.75, 3.05) is 13.2 Å². The molecule has 0 aliphatic heterocycles. The Morgan fingerprint density at radius 2 is 1.68 bits per heavy atom. The maximum atomic E-state index is 12.6. The van der Waals surface area contributed by atoms with E-state index in [2.05, 4.69) is 0 Å². The summed E-state index contributed by atoms with van der Waals surface area (Å²) in [5.41, 5.74) is 6.81. The van der Waals surface area contributed by atoms with Gasteiger partial charge in [0.1, 0.15) is 5.75 Å². The fourth-order valence-electron chi connectivity index (χ4n) is 2.15. The molecular formula is C17H18F3NO. The zero-order valence-electron chi connectivity index (χ0n) is 12.2. The first-order valence-electron chi connectivity index (χ1n) is 6.97. The Morgan fingerprint density at radius 3 is 2.23 bits per heavy atom. The lowest BCUT2D eigenvalue weighted by molar-refractivity contribution is -0.137. The molecule has 0 aliphatic rings. The quantitative estimate of drug-likeness (QED) is 0.901. The summed E-state index contributed by atoms with van der Waals surface area (Å²) in [6, 6.07) is 12.7. The van der Waals surface area contributed by atoms with Crippen LogP contribution in [-0.2, 0) is 6.18 Å². The van der Waals surface area contributed by atoms with Gasteiger partial charge in [-0.3, -0.25) is 0 Å². The molecule has 2 N–H and O–H groups in total. The minimum atomic E-state index is -4.33. The highest BCUT2D eigenvalue weighted by molar-refractivity contribution is 5.32. The smallest absolute Gasteiger partial charge is 0.416 e. The Morgan fingerprint density at radius 1 is 1.05 bits per heavy atom. The molecule has 0 aliphatic carbocycles. The summed E-state index contributed by atoms with van der Waals surface area (Å²) < 4.78 is 43.4. The fraction of sp³-hybridized carbons (Fsp3) is 0.294. The van der Waals surface area contributed by atoms with E-state index in [9.17, 15) is 13.2 Å². The van der Waals surface area contributed by atoms with Gasteiger partial charge in [-0.15, -0.1) is 0 Å². The first-order chi connectivity index (χ1) is 10.4. The monoisotopic (exact) mass is 309 g/mol. The first-order valence-corrected chi connectivity index (χ1v) is 6.97. The van der Waals surface area contributed by atoms with Gasteiger partial charge in [-0.2, -0.15) is 13.2 Å². The molecule has 0 saturated carbocycles. The van der Waals surface area contributed by atoms with E-state index < -0.39 is 11.7 Å². The van der Waals surface area contributed by atoms with Crippen LogP contribution in [0.4, 0.5) is 13.2 Å². The molecule has 0 radical (unpaired) electrons. The molecule has 2 aromatic rings. The molecule has 1 unspecified atom stereocenters. The first kappa shape index (κ1) is 16.4. The number of hydrogen-bond acceptors (Lipinski definition) is 2. The van der Waals surface area contributed by atoms with Gasteiger partial charge in [0.15, 0.2) is 0 Å². The second-order valence-electron chi connectivity index (χ2n) is 5.13. The summed E-state index contributed by atoms with van der Waals surface area (Å²) >= 11 is 0. The standard InChI is InChI=1S/C17H18F3NO/c1-12-4-2-3-5-16(12)22-11-14(10-21)13-6-8-15(9-7-13)17(18,19)20/h2-9,14H,10-11,21H2,1H3. The van der Waals surface area contributed by atoms with Crippen molar-refractivity contribution in [1.82, 2.24) is 0 Å². The van der Waals surface area contributed by atoms with E-state index in [0.717, 1.165) is 29.0 Å². The molecule has 0 fully saturated rings. The van der Waals surface area contributed by atoms with Gasteiger partial charge in [0.2, 0.25) is 0 Å². The SMILES string of the molecule is Cc1ccccc1OCC(CN)c1ccc(C(F)(F)F)cc1. The van der Waals surface area contributed by atoms with E-state index in [1.165, 1.54) is 12.1 Å². The number of benzene rings is 2. The van der Waals surface area contributed by atoms with Gasteiger partial charge in [0, 0.05) is 12.5 Å². The maximum absolute atomic E-state index is 12.6. The number of rotatable bonds is 5. The van der Waals surface area contributed by atoms with Crippen LogP contribution in [0.2, 0.25) is 0 Å². The fourth-order valence-corrected chi connectivity index (χ4v) is 2.15. The van der Waals surface area contributed by atoms with E-state index in [1.54, 1.807) is 0 Å². The predicted molar refractivity (Wildman–Crippen MR) is 79.9 cm³/mol. The third-order valence-corrected chi connectivity index (χ3v) is 3.53. The third-order valence-electron chi connectivity index (χ3n) is 3.53. The summed E-state index contributed by atoms with van der Waals surface area (Å²) in [4.78, 5) is 0. The molecule has 0 bridgehead atoms. The zero-order chi connectivity index (χ0) is 16.2. The molecule has 0 aromatic heterocycles. The summed E-state index contributed by atoms with van der Waals surface area (Å²) in [6.45, 7) is 2.56. The summed E-state index contributed by atoms with van der Waals surface area (Å²) in [5.74, 6) is 0.606. The topological polar surface area (TPSA) is 35.2 Å². The molecule has 0 amide bonds. The molecule has 1 atom stereocenters. The molecule has 2 aromatic carbocycles. The molecule has 0 spiro atoms. The van der Waals surface area contributed by atoms with Crippen LogP contribution in [0, 0.1) is 6.92 Å². The molecule has 0 heterocycles. The van der Waals surface area contributed by atoms with Crippen molar-refractivity contribution in [3.63, 3.8) is 0 Å². The van der Waals surface area contributed by atoms with Gasteiger partial charge in [-0.05, 0) is 36.2 Å². The zero-order valence-corrected chi connectivity index (χ0v) is 12.2. The second-order valence-corrected chi connectivity index (χ2v) is 5.13. The van der Waals surface area contributed by atoms with Crippen LogP contribution >= 0.6 is 0 Å². The molecule has 2 nitrogen and oxygen atoms in total.